The number of alkyl halides is 3. The molecule has 0 aliphatic heterocycles. The fraction of sp³-hybridized carbons (Fsp3) is 0.818. The number of rotatable bonds is 16. The van der Waals surface area contributed by atoms with Gasteiger partial charge in [0.1, 0.15) is 0 Å². The second-order valence-corrected chi connectivity index (χ2v) is 14.6. The van der Waals surface area contributed by atoms with E-state index in [2.05, 4.69) is 18.6 Å². The monoisotopic (exact) mass is 602 g/mol. The first-order valence-corrected chi connectivity index (χ1v) is 18.0. The molecule has 2 unspecified atom stereocenters. The SMILES string of the molecule is CCCCCCCCCC(C)(c1ccc(NS(=O)(=O)C2CCCCCCCCC2)c(C(F)(F)F)c1)C(N)CCCC. The Labute approximate surface area is 248 Å². The number of anilines is 1. The number of unbranched alkanes of at least 4 members (excludes halogenated alkanes) is 7. The molecule has 1 fully saturated rings. The van der Waals surface area contributed by atoms with Crippen molar-refractivity contribution in [2.45, 2.75) is 172 Å². The number of hydrogen-bond donors (Lipinski definition) is 2. The van der Waals surface area contributed by atoms with E-state index in [0.29, 0.717) is 24.8 Å². The van der Waals surface area contributed by atoms with Gasteiger partial charge in [-0.15, -0.1) is 0 Å². The molecule has 1 saturated carbocycles. The minimum absolute atomic E-state index is 0.283. The van der Waals surface area contributed by atoms with Crippen molar-refractivity contribution in [3.05, 3.63) is 29.3 Å². The van der Waals surface area contributed by atoms with Crippen molar-refractivity contribution in [1.82, 2.24) is 0 Å². The average molecular weight is 603 g/mol. The summed E-state index contributed by atoms with van der Waals surface area (Å²) in [5.41, 5.74) is 5.32. The van der Waals surface area contributed by atoms with Gasteiger partial charge in [-0.2, -0.15) is 13.2 Å². The fourth-order valence-electron chi connectivity index (χ4n) is 6.28. The molecule has 1 aliphatic rings. The van der Waals surface area contributed by atoms with Crippen LogP contribution < -0.4 is 10.5 Å². The van der Waals surface area contributed by atoms with Crippen molar-refractivity contribution < 1.29 is 21.6 Å². The average Bonchev–Trinajstić information content (AvgIpc) is 2.93. The molecule has 3 N–H and O–H groups in total. The maximum Gasteiger partial charge on any atom is 0.418 e. The fourth-order valence-corrected chi connectivity index (χ4v) is 7.88. The lowest BCUT2D eigenvalue weighted by Gasteiger charge is -2.37. The molecule has 0 radical (unpaired) electrons. The van der Waals surface area contributed by atoms with Crippen molar-refractivity contribution in [3.63, 3.8) is 0 Å². The Hall–Kier alpha value is -1.28. The lowest BCUT2D eigenvalue weighted by molar-refractivity contribution is -0.137. The summed E-state index contributed by atoms with van der Waals surface area (Å²) < 4.78 is 72.5. The molecule has 2 atom stereocenters. The summed E-state index contributed by atoms with van der Waals surface area (Å²) in [6.07, 6.45) is 14.3. The van der Waals surface area contributed by atoms with Crippen molar-refractivity contribution in [2.24, 2.45) is 5.73 Å². The molecule has 4 nitrogen and oxygen atoms in total. The molecule has 2 rings (SSSR count). The second-order valence-electron chi connectivity index (χ2n) is 12.6. The molecule has 1 aliphatic carbocycles. The normalized spacial score (nSPS) is 18.5. The van der Waals surface area contributed by atoms with E-state index in [1.807, 2.05) is 6.92 Å². The predicted molar refractivity (Wildman–Crippen MR) is 167 cm³/mol. The van der Waals surface area contributed by atoms with E-state index in [9.17, 15) is 21.6 Å². The molecule has 0 heterocycles. The van der Waals surface area contributed by atoms with E-state index >= 15 is 0 Å². The third-order valence-corrected chi connectivity index (χ3v) is 11.1. The molecule has 0 saturated heterocycles. The number of sulfonamides is 1. The van der Waals surface area contributed by atoms with E-state index < -0.39 is 32.4 Å². The maximum absolute atomic E-state index is 14.4. The zero-order valence-electron chi connectivity index (χ0n) is 26.0. The van der Waals surface area contributed by atoms with Gasteiger partial charge in [0, 0.05) is 11.5 Å². The van der Waals surface area contributed by atoms with Gasteiger partial charge in [-0.25, -0.2) is 8.42 Å². The zero-order chi connectivity index (χ0) is 30.4. The second kappa shape index (κ2) is 17.7. The molecule has 1 aromatic rings. The number of hydrogen-bond acceptors (Lipinski definition) is 3. The van der Waals surface area contributed by atoms with Crippen molar-refractivity contribution in [3.8, 4) is 0 Å². The number of nitrogens with one attached hydrogen (secondary N) is 1. The van der Waals surface area contributed by atoms with Gasteiger partial charge in [0.25, 0.3) is 0 Å². The van der Waals surface area contributed by atoms with Gasteiger partial charge in [0.05, 0.1) is 16.5 Å². The minimum atomic E-state index is -4.70. The summed E-state index contributed by atoms with van der Waals surface area (Å²) in [4.78, 5) is 0. The molecule has 1 aromatic carbocycles. The molecule has 0 spiro atoms. The van der Waals surface area contributed by atoms with Crippen molar-refractivity contribution in [2.75, 3.05) is 4.72 Å². The van der Waals surface area contributed by atoms with Gasteiger partial charge in [0.15, 0.2) is 0 Å². The van der Waals surface area contributed by atoms with Crippen LogP contribution in [0.25, 0.3) is 0 Å². The number of benzene rings is 1. The van der Waals surface area contributed by atoms with Crippen LogP contribution in [0.5, 0.6) is 0 Å². The van der Waals surface area contributed by atoms with E-state index in [1.165, 1.54) is 31.7 Å². The van der Waals surface area contributed by atoms with Crippen molar-refractivity contribution >= 4 is 15.7 Å². The van der Waals surface area contributed by atoms with Gasteiger partial charge >= 0.3 is 6.18 Å². The summed E-state index contributed by atoms with van der Waals surface area (Å²) in [6, 6.07) is 3.88. The lowest BCUT2D eigenvalue weighted by Crippen LogP contribution is -2.43. The summed E-state index contributed by atoms with van der Waals surface area (Å²) >= 11 is 0. The molecule has 0 bridgehead atoms. The summed E-state index contributed by atoms with van der Waals surface area (Å²) in [6.45, 7) is 6.27. The first kappa shape index (κ1) is 35.9. The Bertz CT molecular complexity index is 973. The Morgan fingerprint density at radius 2 is 1.39 bits per heavy atom. The molecule has 0 amide bonds. The highest BCUT2D eigenvalue weighted by Gasteiger charge is 2.39. The topological polar surface area (TPSA) is 72.2 Å². The quantitative estimate of drug-likeness (QED) is 0.185. The van der Waals surface area contributed by atoms with Crippen LogP contribution in [0.15, 0.2) is 18.2 Å². The number of halogens is 3. The van der Waals surface area contributed by atoms with Gasteiger partial charge in [-0.05, 0) is 43.4 Å². The van der Waals surface area contributed by atoms with Crippen LogP contribution in [0, 0.1) is 0 Å². The standard InChI is InChI=1S/C33H57F3N2O2S/c1-4-6-8-9-13-16-19-25-32(3,31(37)22-7-5-2)27-23-24-30(29(26-27)33(34,35)36)38-41(39,40)28-20-17-14-11-10-12-15-18-21-28/h23-24,26,28,31,38H,4-22,25,37H2,1-3H3. The van der Waals surface area contributed by atoms with Gasteiger partial charge in [-0.1, -0.05) is 130 Å². The first-order valence-electron chi connectivity index (χ1n) is 16.4. The molecular formula is C33H57F3N2O2S. The summed E-state index contributed by atoms with van der Waals surface area (Å²) in [7, 11) is -3.97. The predicted octanol–water partition coefficient (Wildman–Crippen LogP) is 10.3. The Balaban J connectivity index is 2.32. The molecule has 41 heavy (non-hydrogen) atoms. The van der Waals surface area contributed by atoms with Crippen LogP contribution in [-0.4, -0.2) is 19.7 Å². The van der Waals surface area contributed by atoms with E-state index in [-0.39, 0.29) is 11.7 Å². The highest BCUT2D eigenvalue weighted by molar-refractivity contribution is 7.93. The minimum Gasteiger partial charge on any atom is -0.327 e. The number of nitrogens with two attached hydrogens (primary N) is 1. The smallest absolute Gasteiger partial charge is 0.327 e. The molecule has 8 heteroatoms. The molecule has 238 valence electrons. The summed E-state index contributed by atoms with van der Waals surface area (Å²) in [5.74, 6) is 0. The third-order valence-electron chi connectivity index (χ3n) is 9.21. The highest BCUT2D eigenvalue weighted by Crippen LogP contribution is 2.42. The van der Waals surface area contributed by atoms with E-state index in [4.69, 9.17) is 5.73 Å². The van der Waals surface area contributed by atoms with Crippen LogP contribution in [-0.2, 0) is 21.6 Å². The van der Waals surface area contributed by atoms with Crippen LogP contribution in [0.4, 0.5) is 18.9 Å². The summed E-state index contributed by atoms with van der Waals surface area (Å²) in [5, 5.41) is -0.675. The van der Waals surface area contributed by atoms with Crippen LogP contribution in [0.1, 0.15) is 160 Å². The van der Waals surface area contributed by atoms with Crippen molar-refractivity contribution in [1.29, 1.82) is 0 Å². The molecular weight excluding hydrogens is 545 g/mol. The lowest BCUT2D eigenvalue weighted by atomic mass is 9.70. The van der Waals surface area contributed by atoms with Gasteiger partial charge < -0.3 is 5.73 Å². The Kier molecular flexibility index (Phi) is 15.5. The van der Waals surface area contributed by atoms with Gasteiger partial charge in [-0.3, -0.25) is 4.72 Å². The maximum atomic E-state index is 14.4. The zero-order valence-corrected chi connectivity index (χ0v) is 26.8. The Morgan fingerprint density at radius 3 is 1.95 bits per heavy atom. The van der Waals surface area contributed by atoms with Crippen LogP contribution >= 0.6 is 0 Å². The van der Waals surface area contributed by atoms with E-state index in [0.717, 1.165) is 89.5 Å². The van der Waals surface area contributed by atoms with Gasteiger partial charge in [0.2, 0.25) is 10.0 Å². The van der Waals surface area contributed by atoms with Crippen LogP contribution in [0.3, 0.4) is 0 Å². The Morgan fingerprint density at radius 1 is 0.854 bits per heavy atom. The molecule has 0 aromatic heterocycles. The van der Waals surface area contributed by atoms with E-state index in [1.54, 1.807) is 6.07 Å². The third kappa shape index (κ3) is 11.7. The van der Waals surface area contributed by atoms with Crippen LogP contribution in [0.2, 0.25) is 0 Å². The highest BCUT2D eigenvalue weighted by atomic mass is 32.2. The largest absolute Gasteiger partial charge is 0.418 e. The first-order chi connectivity index (χ1) is 19.5.